The highest BCUT2D eigenvalue weighted by Gasteiger charge is 2.27. The zero-order chi connectivity index (χ0) is 23.5. The SMILES string of the molecule is O=C(CCN(Cc1ccco1)C(=O)c1ccoc1)N1CCC(n2c(=O)[nH]c3ccccc32)CC1. The molecule has 2 amide bonds. The highest BCUT2D eigenvalue weighted by molar-refractivity contribution is 5.94. The number of hydrogen-bond donors (Lipinski definition) is 1. The van der Waals surface area contributed by atoms with E-state index in [1.807, 2.05) is 33.7 Å². The van der Waals surface area contributed by atoms with Gasteiger partial charge in [0.1, 0.15) is 12.0 Å². The van der Waals surface area contributed by atoms with Crippen molar-refractivity contribution in [1.82, 2.24) is 19.4 Å². The van der Waals surface area contributed by atoms with Gasteiger partial charge >= 0.3 is 5.69 Å². The van der Waals surface area contributed by atoms with Gasteiger partial charge in [-0.3, -0.25) is 14.2 Å². The zero-order valence-corrected chi connectivity index (χ0v) is 18.7. The number of carbonyl (C=O) groups is 2. The van der Waals surface area contributed by atoms with E-state index in [4.69, 9.17) is 8.83 Å². The molecule has 1 aliphatic heterocycles. The van der Waals surface area contributed by atoms with Crippen LogP contribution in [0.15, 0.2) is 74.9 Å². The van der Waals surface area contributed by atoms with Gasteiger partial charge in [-0.1, -0.05) is 12.1 Å². The normalized spacial score (nSPS) is 14.5. The lowest BCUT2D eigenvalue weighted by Gasteiger charge is -2.33. The maximum absolute atomic E-state index is 13.0. The molecule has 1 saturated heterocycles. The minimum Gasteiger partial charge on any atom is -0.472 e. The van der Waals surface area contributed by atoms with Gasteiger partial charge in [-0.25, -0.2) is 4.79 Å². The van der Waals surface area contributed by atoms with Gasteiger partial charge < -0.3 is 23.6 Å². The molecule has 9 nitrogen and oxygen atoms in total. The summed E-state index contributed by atoms with van der Waals surface area (Å²) in [4.78, 5) is 44.7. The average Bonchev–Trinajstić information content (AvgIpc) is 3.62. The van der Waals surface area contributed by atoms with Crippen molar-refractivity contribution >= 4 is 22.8 Å². The van der Waals surface area contributed by atoms with E-state index in [1.165, 1.54) is 12.5 Å². The first-order valence-electron chi connectivity index (χ1n) is 11.4. The molecule has 1 N–H and O–H groups in total. The summed E-state index contributed by atoms with van der Waals surface area (Å²) >= 11 is 0. The molecule has 4 aromatic rings. The number of nitrogens with zero attached hydrogens (tertiary/aromatic N) is 3. The standard InChI is InChI=1S/C25H26N4O5/c30-23(9-13-28(16-20-4-3-14-34-20)24(31)18-10-15-33-17-18)27-11-7-19(8-12-27)29-22-6-2-1-5-21(22)26-25(29)32/h1-6,10,14-15,17,19H,7-9,11-13,16H2,(H,26,32). The van der Waals surface area contributed by atoms with Crippen LogP contribution in [0.25, 0.3) is 11.0 Å². The Hall–Kier alpha value is -4.01. The van der Waals surface area contributed by atoms with Crippen LogP contribution in [-0.4, -0.2) is 50.8 Å². The number of imidazole rings is 1. The van der Waals surface area contributed by atoms with E-state index in [1.54, 1.807) is 29.4 Å². The Morgan fingerprint density at radius 3 is 2.62 bits per heavy atom. The van der Waals surface area contributed by atoms with Crippen LogP contribution in [0.5, 0.6) is 0 Å². The maximum atomic E-state index is 13.0. The van der Waals surface area contributed by atoms with Crippen molar-refractivity contribution in [1.29, 1.82) is 0 Å². The summed E-state index contributed by atoms with van der Waals surface area (Å²) in [5, 5.41) is 0. The van der Waals surface area contributed by atoms with E-state index in [9.17, 15) is 14.4 Å². The highest BCUT2D eigenvalue weighted by Crippen LogP contribution is 2.25. The lowest BCUT2D eigenvalue weighted by Crippen LogP contribution is -2.42. The summed E-state index contributed by atoms with van der Waals surface area (Å²) < 4.78 is 12.3. The first-order valence-corrected chi connectivity index (χ1v) is 11.4. The number of fused-ring (bicyclic) bond motifs is 1. The molecule has 34 heavy (non-hydrogen) atoms. The van der Waals surface area contributed by atoms with E-state index < -0.39 is 0 Å². The van der Waals surface area contributed by atoms with Gasteiger partial charge in [0.2, 0.25) is 5.91 Å². The first-order chi connectivity index (χ1) is 16.6. The highest BCUT2D eigenvalue weighted by atomic mass is 16.3. The molecule has 0 aliphatic carbocycles. The van der Waals surface area contributed by atoms with Crippen LogP contribution in [0.2, 0.25) is 0 Å². The minimum atomic E-state index is -0.213. The summed E-state index contributed by atoms with van der Waals surface area (Å²) in [5.74, 6) is 0.429. The smallest absolute Gasteiger partial charge is 0.326 e. The predicted molar refractivity (Wildman–Crippen MR) is 124 cm³/mol. The van der Waals surface area contributed by atoms with Crippen molar-refractivity contribution in [3.05, 3.63) is 83.1 Å². The summed E-state index contributed by atoms with van der Waals surface area (Å²) in [5.41, 5.74) is 2.04. The number of likely N-dealkylation sites (tertiary alicyclic amines) is 1. The fraction of sp³-hybridized carbons (Fsp3) is 0.320. The Bertz CT molecular complexity index is 1310. The van der Waals surface area contributed by atoms with Gasteiger partial charge in [0.05, 0.1) is 35.7 Å². The quantitative estimate of drug-likeness (QED) is 0.453. The molecular formula is C25H26N4O5. The van der Waals surface area contributed by atoms with Crippen LogP contribution in [0.1, 0.15) is 41.4 Å². The van der Waals surface area contributed by atoms with Gasteiger partial charge in [-0.2, -0.15) is 0 Å². The minimum absolute atomic E-state index is 0.00541. The number of amides is 2. The van der Waals surface area contributed by atoms with E-state index >= 15 is 0 Å². The molecule has 0 saturated carbocycles. The Labute approximate surface area is 195 Å². The fourth-order valence-electron chi connectivity index (χ4n) is 4.61. The van der Waals surface area contributed by atoms with Crippen LogP contribution in [0.4, 0.5) is 0 Å². The molecule has 1 aromatic carbocycles. The summed E-state index contributed by atoms with van der Waals surface area (Å²) in [6.07, 6.45) is 6.03. The number of aromatic nitrogens is 2. The number of carbonyl (C=O) groups excluding carboxylic acids is 2. The third-order valence-electron chi connectivity index (χ3n) is 6.38. The molecule has 0 bridgehead atoms. The van der Waals surface area contributed by atoms with Gasteiger partial charge in [-0.15, -0.1) is 0 Å². The number of nitrogens with one attached hydrogen (secondary N) is 1. The van der Waals surface area contributed by atoms with E-state index in [0.717, 1.165) is 11.0 Å². The third-order valence-corrected chi connectivity index (χ3v) is 6.38. The second-order valence-electron chi connectivity index (χ2n) is 8.50. The molecule has 5 rings (SSSR count). The third kappa shape index (κ3) is 4.41. The molecule has 4 heterocycles. The number of rotatable bonds is 7. The van der Waals surface area contributed by atoms with Crippen molar-refractivity contribution in [2.75, 3.05) is 19.6 Å². The number of benzene rings is 1. The van der Waals surface area contributed by atoms with Crippen LogP contribution in [0.3, 0.4) is 0 Å². The van der Waals surface area contributed by atoms with Gasteiger partial charge in [-0.05, 0) is 43.2 Å². The molecule has 0 spiro atoms. The van der Waals surface area contributed by atoms with Crippen LogP contribution < -0.4 is 5.69 Å². The monoisotopic (exact) mass is 462 g/mol. The number of furan rings is 2. The maximum Gasteiger partial charge on any atom is 0.326 e. The number of hydrogen-bond acceptors (Lipinski definition) is 5. The average molecular weight is 463 g/mol. The lowest BCUT2D eigenvalue weighted by molar-refractivity contribution is -0.132. The number of aromatic amines is 1. The predicted octanol–water partition coefficient (Wildman–Crippen LogP) is 3.41. The zero-order valence-electron chi connectivity index (χ0n) is 18.7. The van der Waals surface area contributed by atoms with Crippen LogP contribution >= 0.6 is 0 Å². The Morgan fingerprint density at radius 2 is 1.88 bits per heavy atom. The van der Waals surface area contributed by atoms with Crippen molar-refractivity contribution in [2.45, 2.75) is 31.8 Å². The van der Waals surface area contributed by atoms with Crippen LogP contribution in [0, 0.1) is 0 Å². The Balaban J connectivity index is 1.20. The topological polar surface area (TPSA) is 105 Å². The summed E-state index contributed by atoms with van der Waals surface area (Å²) in [6, 6.07) is 12.9. The molecule has 9 heteroatoms. The molecule has 3 aromatic heterocycles. The lowest BCUT2D eigenvalue weighted by atomic mass is 10.0. The van der Waals surface area contributed by atoms with E-state index in [2.05, 4.69) is 4.98 Å². The Morgan fingerprint density at radius 1 is 1.06 bits per heavy atom. The molecule has 0 radical (unpaired) electrons. The summed E-state index contributed by atoms with van der Waals surface area (Å²) in [7, 11) is 0. The molecular weight excluding hydrogens is 436 g/mol. The summed E-state index contributed by atoms with van der Waals surface area (Å²) in [6.45, 7) is 1.69. The number of H-pyrrole nitrogens is 1. The molecule has 0 atom stereocenters. The largest absolute Gasteiger partial charge is 0.472 e. The first kappa shape index (κ1) is 21.8. The van der Waals surface area contributed by atoms with Gasteiger partial charge in [0, 0.05) is 32.1 Å². The second kappa shape index (κ2) is 9.46. The van der Waals surface area contributed by atoms with E-state index in [-0.39, 0.29) is 43.1 Å². The molecule has 176 valence electrons. The number of piperidine rings is 1. The van der Waals surface area contributed by atoms with Crippen LogP contribution in [-0.2, 0) is 11.3 Å². The molecule has 1 fully saturated rings. The van der Waals surface area contributed by atoms with Crippen molar-refractivity contribution in [2.24, 2.45) is 0 Å². The number of para-hydroxylation sites is 2. The molecule has 1 aliphatic rings. The van der Waals surface area contributed by atoms with Gasteiger partial charge in [0.25, 0.3) is 5.91 Å². The second-order valence-corrected chi connectivity index (χ2v) is 8.50. The van der Waals surface area contributed by atoms with Crippen molar-refractivity contribution in [3.63, 3.8) is 0 Å². The van der Waals surface area contributed by atoms with Crippen molar-refractivity contribution < 1.29 is 18.4 Å². The van der Waals surface area contributed by atoms with Gasteiger partial charge in [0.15, 0.2) is 0 Å². The fourth-order valence-corrected chi connectivity index (χ4v) is 4.61. The van der Waals surface area contributed by atoms with Crippen molar-refractivity contribution in [3.8, 4) is 0 Å². The molecule has 0 unspecified atom stereocenters. The van der Waals surface area contributed by atoms with E-state index in [0.29, 0.717) is 37.3 Å². The Kier molecular flexibility index (Phi) is 6.07.